The highest BCUT2D eigenvalue weighted by Gasteiger charge is 2.26. The third kappa shape index (κ3) is 4.21. The summed E-state index contributed by atoms with van der Waals surface area (Å²) in [5.41, 5.74) is 2.69. The molecule has 0 saturated carbocycles. The lowest BCUT2D eigenvalue weighted by Gasteiger charge is -2.39. The van der Waals surface area contributed by atoms with Crippen LogP contribution < -0.4 is 4.74 Å². The first-order valence-corrected chi connectivity index (χ1v) is 9.39. The van der Waals surface area contributed by atoms with Gasteiger partial charge in [-0.25, -0.2) is 0 Å². The smallest absolute Gasteiger partial charge is 0.254 e. The van der Waals surface area contributed by atoms with Crippen molar-refractivity contribution < 1.29 is 9.26 Å². The van der Waals surface area contributed by atoms with Crippen molar-refractivity contribution in [2.75, 3.05) is 33.3 Å². The highest BCUT2D eigenvalue weighted by atomic mass is 16.5. The van der Waals surface area contributed by atoms with Gasteiger partial charge < -0.3 is 9.26 Å². The molecule has 0 unspecified atom stereocenters. The van der Waals surface area contributed by atoms with Gasteiger partial charge in [-0.3, -0.25) is 9.80 Å². The molecule has 0 radical (unpaired) electrons. The van der Waals surface area contributed by atoms with Gasteiger partial charge in [-0.05, 0) is 16.3 Å². The number of benzene rings is 2. The zero-order valence-electron chi connectivity index (χ0n) is 15.6. The first kappa shape index (κ1) is 17.8. The number of hydrogen-bond acceptors (Lipinski definition) is 5. The van der Waals surface area contributed by atoms with Gasteiger partial charge in [0.2, 0.25) is 0 Å². The van der Waals surface area contributed by atoms with E-state index < -0.39 is 0 Å². The van der Waals surface area contributed by atoms with Gasteiger partial charge in [-0.1, -0.05) is 60.7 Å². The van der Waals surface area contributed by atoms with Crippen molar-refractivity contribution >= 4 is 0 Å². The Balaban J connectivity index is 1.45. The van der Waals surface area contributed by atoms with Crippen LogP contribution in [0.15, 0.2) is 71.3 Å². The molecule has 5 heteroatoms. The van der Waals surface area contributed by atoms with Gasteiger partial charge in [0.1, 0.15) is 0 Å². The van der Waals surface area contributed by atoms with Gasteiger partial charge in [0, 0.05) is 32.2 Å². The van der Waals surface area contributed by atoms with Gasteiger partial charge >= 0.3 is 0 Å². The van der Waals surface area contributed by atoms with Crippen molar-refractivity contribution in [3.8, 4) is 5.88 Å². The van der Waals surface area contributed by atoms with E-state index >= 15 is 0 Å². The maximum Gasteiger partial charge on any atom is 0.254 e. The van der Waals surface area contributed by atoms with E-state index in [-0.39, 0.29) is 0 Å². The molecule has 1 aliphatic rings. The zero-order chi connectivity index (χ0) is 18.5. The summed E-state index contributed by atoms with van der Waals surface area (Å²) in [5.74, 6) is 1.39. The second kappa shape index (κ2) is 8.37. The Labute approximate surface area is 160 Å². The first-order valence-electron chi connectivity index (χ1n) is 9.39. The number of nitrogens with zero attached hydrogens (tertiary/aromatic N) is 3. The average molecular weight is 363 g/mol. The minimum Gasteiger partial charge on any atom is -0.479 e. The summed E-state index contributed by atoms with van der Waals surface area (Å²) >= 11 is 0. The van der Waals surface area contributed by atoms with E-state index in [1.165, 1.54) is 11.1 Å². The van der Waals surface area contributed by atoms with Crippen molar-refractivity contribution in [2.45, 2.75) is 12.6 Å². The molecule has 1 saturated heterocycles. The molecule has 0 spiro atoms. The molecule has 1 aromatic heterocycles. The molecule has 0 N–H and O–H groups in total. The van der Waals surface area contributed by atoms with Crippen LogP contribution in [0, 0.1) is 0 Å². The topological polar surface area (TPSA) is 41.7 Å². The number of piperazine rings is 1. The summed E-state index contributed by atoms with van der Waals surface area (Å²) in [6, 6.07) is 23.7. The molecular formula is C22H25N3O2. The lowest BCUT2D eigenvalue weighted by Crippen LogP contribution is -2.47. The number of methoxy groups -OCH3 is 1. The zero-order valence-corrected chi connectivity index (χ0v) is 15.6. The first-order chi connectivity index (χ1) is 13.3. The Morgan fingerprint density at radius 3 is 2.04 bits per heavy atom. The molecule has 0 aliphatic carbocycles. The number of aromatic nitrogens is 1. The summed E-state index contributed by atoms with van der Waals surface area (Å²) in [5, 5.41) is 3.89. The molecular weight excluding hydrogens is 338 g/mol. The average Bonchev–Trinajstić information content (AvgIpc) is 3.19. The molecule has 4 rings (SSSR count). The van der Waals surface area contributed by atoms with Crippen molar-refractivity contribution in [1.82, 2.24) is 15.0 Å². The van der Waals surface area contributed by atoms with E-state index in [4.69, 9.17) is 9.26 Å². The highest BCUT2D eigenvalue weighted by Crippen LogP contribution is 2.29. The van der Waals surface area contributed by atoms with Crippen LogP contribution in [0.5, 0.6) is 5.88 Å². The van der Waals surface area contributed by atoms with Crippen LogP contribution >= 0.6 is 0 Å². The van der Waals surface area contributed by atoms with Crippen LogP contribution in [-0.4, -0.2) is 48.2 Å². The van der Waals surface area contributed by atoms with Gasteiger partial charge in [0.25, 0.3) is 5.88 Å². The molecule has 140 valence electrons. The van der Waals surface area contributed by atoms with E-state index in [2.05, 4.69) is 75.6 Å². The Morgan fingerprint density at radius 2 is 1.52 bits per heavy atom. The quantitative estimate of drug-likeness (QED) is 0.669. The fraction of sp³-hybridized carbons (Fsp3) is 0.318. The minimum absolute atomic E-state index is 0.292. The second-order valence-electron chi connectivity index (χ2n) is 6.87. The fourth-order valence-electron chi connectivity index (χ4n) is 3.75. The number of rotatable bonds is 6. The fourth-order valence-corrected chi connectivity index (χ4v) is 3.75. The van der Waals surface area contributed by atoms with Gasteiger partial charge in [-0.15, -0.1) is 0 Å². The summed E-state index contributed by atoms with van der Waals surface area (Å²) in [4.78, 5) is 4.98. The normalized spacial score (nSPS) is 15.9. The van der Waals surface area contributed by atoms with Gasteiger partial charge in [0.15, 0.2) is 5.76 Å². The maximum absolute atomic E-state index is 5.34. The van der Waals surface area contributed by atoms with Gasteiger partial charge in [0.05, 0.1) is 19.7 Å². The summed E-state index contributed by atoms with van der Waals surface area (Å²) in [7, 11) is 1.60. The summed E-state index contributed by atoms with van der Waals surface area (Å²) in [6.45, 7) is 4.80. The van der Waals surface area contributed by atoms with E-state index in [0.717, 1.165) is 38.5 Å². The molecule has 2 aromatic carbocycles. The molecule has 5 nitrogen and oxygen atoms in total. The largest absolute Gasteiger partial charge is 0.479 e. The summed E-state index contributed by atoms with van der Waals surface area (Å²) < 4.78 is 10.4. The minimum atomic E-state index is 0.292. The van der Waals surface area contributed by atoms with Crippen LogP contribution in [0.2, 0.25) is 0 Å². The summed E-state index contributed by atoms with van der Waals surface area (Å²) in [6.07, 6.45) is 0. The van der Waals surface area contributed by atoms with Crippen LogP contribution in [0.3, 0.4) is 0 Å². The monoisotopic (exact) mass is 363 g/mol. The molecule has 0 atom stereocenters. The van der Waals surface area contributed by atoms with Gasteiger partial charge in [-0.2, -0.15) is 0 Å². The standard InChI is InChI=1S/C22H25N3O2/c1-26-21-16-20(27-23-21)17-24-12-14-25(15-13-24)22(18-8-4-2-5-9-18)19-10-6-3-7-11-19/h2-11,16,22H,12-15,17H2,1H3. The molecule has 3 aromatic rings. The highest BCUT2D eigenvalue weighted by molar-refractivity contribution is 5.32. The predicted octanol–water partition coefficient (Wildman–Crippen LogP) is 3.59. The van der Waals surface area contributed by atoms with E-state index in [9.17, 15) is 0 Å². The van der Waals surface area contributed by atoms with Crippen LogP contribution in [0.25, 0.3) is 0 Å². The van der Waals surface area contributed by atoms with Crippen LogP contribution in [0.4, 0.5) is 0 Å². The Hall–Kier alpha value is -2.63. The van der Waals surface area contributed by atoms with Crippen molar-refractivity contribution in [3.63, 3.8) is 0 Å². The predicted molar refractivity (Wildman–Crippen MR) is 105 cm³/mol. The molecule has 0 bridgehead atoms. The molecule has 0 amide bonds. The molecule has 27 heavy (non-hydrogen) atoms. The van der Waals surface area contributed by atoms with E-state index in [1.54, 1.807) is 7.11 Å². The maximum atomic E-state index is 5.34. The second-order valence-corrected chi connectivity index (χ2v) is 6.87. The third-order valence-electron chi connectivity index (χ3n) is 5.13. The Bertz CT molecular complexity index is 788. The number of hydrogen-bond donors (Lipinski definition) is 0. The van der Waals surface area contributed by atoms with Crippen LogP contribution in [0.1, 0.15) is 22.9 Å². The Morgan fingerprint density at radius 1 is 0.926 bits per heavy atom. The number of ether oxygens (including phenoxy) is 1. The van der Waals surface area contributed by atoms with E-state index in [1.807, 2.05) is 6.07 Å². The lowest BCUT2D eigenvalue weighted by atomic mass is 9.96. The van der Waals surface area contributed by atoms with Crippen molar-refractivity contribution in [1.29, 1.82) is 0 Å². The van der Waals surface area contributed by atoms with E-state index in [0.29, 0.717) is 11.9 Å². The van der Waals surface area contributed by atoms with Crippen molar-refractivity contribution in [2.24, 2.45) is 0 Å². The SMILES string of the molecule is COc1cc(CN2CCN(C(c3ccccc3)c3ccccc3)CC2)on1. The molecule has 1 fully saturated rings. The Kier molecular flexibility index (Phi) is 5.51. The molecule has 1 aliphatic heterocycles. The molecule has 2 heterocycles. The van der Waals surface area contributed by atoms with Crippen molar-refractivity contribution in [3.05, 3.63) is 83.6 Å². The lowest BCUT2D eigenvalue weighted by molar-refractivity contribution is 0.0979. The third-order valence-corrected chi connectivity index (χ3v) is 5.13. The van der Waals surface area contributed by atoms with Crippen LogP contribution in [-0.2, 0) is 6.54 Å².